The van der Waals surface area contributed by atoms with Crippen LogP contribution in [0.5, 0.6) is 0 Å². The number of carbonyl (C=O) groups excluding carboxylic acids is 1. The fraction of sp³-hybridized carbons (Fsp3) is 0.421. The Hall–Kier alpha value is -2.47. The van der Waals surface area contributed by atoms with Gasteiger partial charge in [0.1, 0.15) is 17.3 Å². The molecular formula is C19H24N4O2. The van der Waals surface area contributed by atoms with Crippen molar-refractivity contribution in [3.63, 3.8) is 0 Å². The van der Waals surface area contributed by atoms with Gasteiger partial charge in [0.05, 0.1) is 6.10 Å². The van der Waals surface area contributed by atoms with E-state index in [1.54, 1.807) is 13.0 Å². The number of ether oxygens (including phenoxy) is 1. The van der Waals surface area contributed by atoms with Crippen molar-refractivity contribution in [3.05, 3.63) is 46.9 Å². The Bertz CT molecular complexity index is 750. The lowest BCUT2D eigenvalue weighted by atomic mass is 10.1. The number of aryl methyl sites for hydroxylation is 3. The molecular weight excluding hydrogens is 316 g/mol. The van der Waals surface area contributed by atoms with Crippen molar-refractivity contribution in [2.24, 2.45) is 0 Å². The van der Waals surface area contributed by atoms with Crippen LogP contribution in [0.3, 0.4) is 0 Å². The fourth-order valence-electron chi connectivity index (χ4n) is 3.04. The largest absolute Gasteiger partial charge is 0.376 e. The summed E-state index contributed by atoms with van der Waals surface area (Å²) in [6.45, 7) is 7.30. The van der Waals surface area contributed by atoms with Crippen LogP contribution in [0.1, 0.15) is 40.3 Å². The number of benzene rings is 1. The molecule has 1 aliphatic rings. The van der Waals surface area contributed by atoms with Crippen LogP contribution in [-0.4, -0.2) is 35.1 Å². The van der Waals surface area contributed by atoms with Crippen molar-refractivity contribution in [1.82, 2.24) is 9.97 Å². The van der Waals surface area contributed by atoms with E-state index in [0.717, 1.165) is 36.3 Å². The number of rotatable bonds is 5. The molecule has 1 amide bonds. The molecule has 2 aromatic rings. The zero-order valence-electron chi connectivity index (χ0n) is 14.9. The Morgan fingerprint density at radius 1 is 1.16 bits per heavy atom. The van der Waals surface area contributed by atoms with E-state index in [1.807, 2.05) is 26.0 Å². The van der Waals surface area contributed by atoms with E-state index in [9.17, 15) is 4.79 Å². The van der Waals surface area contributed by atoms with Crippen LogP contribution in [0.2, 0.25) is 0 Å². The molecule has 1 fully saturated rings. The summed E-state index contributed by atoms with van der Waals surface area (Å²) in [6, 6.07) is 7.63. The third kappa shape index (κ3) is 4.76. The molecule has 0 radical (unpaired) electrons. The molecule has 0 spiro atoms. The Kier molecular flexibility index (Phi) is 5.28. The summed E-state index contributed by atoms with van der Waals surface area (Å²) in [5.41, 5.74) is 3.33. The number of nitrogens with one attached hydrogen (secondary N) is 2. The molecule has 1 aromatic heterocycles. The van der Waals surface area contributed by atoms with Crippen LogP contribution in [-0.2, 0) is 4.74 Å². The minimum atomic E-state index is -0.240. The first-order valence-electron chi connectivity index (χ1n) is 8.60. The van der Waals surface area contributed by atoms with Crippen molar-refractivity contribution in [3.8, 4) is 0 Å². The molecule has 1 unspecified atom stereocenters. The Balaban J connectivity index is 1.70. The molecule has 1 atom stereocenters. The lowest BCUT2D eigenvalue weighted by Gasteiger charge is -2.13. The zero-order chi connectivity index (χ0) is 17.8. The highest BCUT2D eigenvalue weighted by Crippen LogP contribution is 2.16. The van der Waals surface area contributed by atoms with Crippen LogP contribution < -0.4 is 10.6 Å². The van der Waals surface area contributed by atoms with Gasteiger partial charge < -0.3 is 15.4 Å². The standard InChI is InChI=1S/C19H24N4O2/c1-12-7-13(2)9-15(8-12)23-19(24)17-10-18(22-14(3)21-17)20-11-16-5-4-6-25-16/h7-10,16H,4-6,11H2,1-3H3,(H,23,24)(H,20,21,22). The molecule has 6 nitrogen and oxygen atoms in total. The van der Waals surface area contributed by atoms with Gasteiger partial charge in [0.25, 0.3) is 5.91 Å². The van der Waals surface area contributed by atoms with Gasteiger partial charge in [-0.05, 0) is 56.9 Å². The van der Waals surface area contributed by atoms with Crippen LogP contribution >= 0.6 is 0 Å². The first kappa shape index (κ1) is 17.4. The summed E-state index contributed by atoms with van der Waals surface area (Å²) < 4.78 is 5.60. The van der Waals surface area contributed by atoms with Crippen molar-refractivity contribution in [2.75, 3.05) is 23.8 Å². The van der Waals surface area contributed by atoms with E-state index in [4.69, 9.17) is 4.74 Å². The molecule has 1 aromatic carbocycles. The van der Waals surface area contributed by atoms with Gasteiger partial charge in [-0.1, -0.05) is 6.07 Å². The van der Waals surface area contributed by atoms with Crippen molar-refractivity contribution < 1.29 is 9.53 Å². The molecule has 2 N–H and O–H groups in total. The summed E-state index contributed by atoms with van der Waals surface area (Å²) in [6.07, 6.45) is 2.36. The summed E-state index contributed by atoms with van der Waals surface area (Å²) >= 11 is 0. The lowest BCUT2D eigenvalue weighted by molar-refractivity contribution is 0.102. The van der Waals surface area contributed by atoms with Gasteiger partial charge >= 0.3 is 0 Å². The van der Waals surface area contributed by atoms with Gasteiger partial charge in [0.2, 0.25) is 0 Å². The minimum absolute atomic E-state index is 0.211. The average molecular weight is 340 g/mol. The molecule has 1 saturated heterocycles. The number of anilines is 2. The molecule has 3 rings (SSSR count). The van der Waals surface area contributed by atoms with E-state index in [-0.39, 0.29) is 12.0 Å². The van der Waals surface area contributed by atoms with Gasteiger partial charge in [-0.3, -0.25) is 4.79 Å². The van der Waals surface area contributed by atoms with Crippen LogP contribution in [0, 0.1) is 20.8 Å². The summed E-state index contributed by atoms with van der Waals surface area (Å²) in [7, 11) is 0. The second kappa shape index (κ2) is 7.61. The van der Waals surface area contributed by atoms with Gasteiger partial charge in [0, 0.05) is 24.9 Å². The van der Waals surface area contributed by atoms with E-state index >= 15 is 0 Å². The minimum Gasteiger partial charge on any atom is -0.376 e. The Morgan fingerprint density at radius 2 is 1.92 bits per heavy atom. The van der Waals surface area contributed by atoms with Gasteiger partial charge in [-0.15, -0.1) is 0 Å². The third-order valence-electron chi connectivity index (χ3n) is 4.08. The maximum atomic E-state index is 12.5. The van der Waals surface area contributed by atoms with Crippen molar-refractivity contribution in [2.45, 2.75) is 39.7 Å². The number of hydrogen-bond acceptors (Lipinski definition) is 5. The van der Waals surface area contributed by atoms with E-state index in [1.165, 1.54) is 0 Å². The maximum Gasteiger partial charge on any atom is 0.274 e. The van der Waals surface area contributed by atoms with E-state index in [2.05, 4.69) is 26.7 Å². The number of amides is 1. The first-order valence-corrected chi connectivity index (χ1v) is 8.60. The predicted octanol–water partition coefficient (Wildman–Crippen LogP) is 3.25. The lowest BCUT2D eigenvalue weighted by Crippen LogP contribution is -2.20. The third-order valence-corrected chi connectivity index (χ3v) is 4.08. The smallest absolute Gasteiger partial charge is 0.274 e. The van der Waals surface area contributed by atoms with Gasteiger partial charge in [-0.2, -0.15) is 0 Å². The number of hydrogen-bond donors (Lipinski definition) is 2. The van der Waals surface area contributed by atoms with Crippen molar-refractivity contribution >= 4 is 17.4 Å². The highest BCUT2D eigenvalue weighted by atomic mass is 16.5. The molecule has 132 valence electrons. The monoisotopic (exact) mass is 340 g/mol. The zero-order valence-corrected chi connectivity index (χ0v) is 14.9. The molecule has 6 heteroatoms. The van der Waals surface area contributed by atoms with E-state index < -0.39 is 0 Å². The summed E-state index contributed by atoms with van der Waals surface area (Å²) in [4.78, 5) is 21.2. The van der Waals surface area contributed by atoms with E-state index in [0.29, 0.717) is 23.9 Å². The number of aromatic nitrogens is 2. The molecule has 0 saturated carbocycles. The van der Waals surface area contributed by atoms with Gasteiger partial charge in [-0.25, -0.2) is 9.97 Å². The predicted molar refractivity (Wildman–Crippen MR) is 98.1 cm³/mol. The average Bonchev–Trinajstić information content (AvgIpc) is 3.05. The Labute approximate surface area is 148 Å². The molecule has 2 heterocycles. The first-order chi connectivity index (χ1) is 12.0. The summed E-state index contributed by atoms with van der Waals surface area (Å²) in [5.74, 6) is 0.965. The summed E-state index contributed by atoms with van der Waals surface area (Å²) in [5, 5.41) is 6.16. The molecule has 0 bridgehead atoms. The quantitative estimate of drug-likeness (QED) is 0.874. The molecule has 1 aliphatic heterocycles. The fourth-order valence-corrected chi connectivity index (χ4v) is 3.04. The number of carbonyl (C=O) groups is 1. The maximum absolute atomic E-state index is 12.5. The second-order valence-electron chi connectivity index (χ2n) is 6.53. The van der Waals surface area contributed by atoms with Gasteiger partial charge in [0.15, 0.2) is 0 Å². The van der Waals surface area contributed by atoms with Crippen LogP contribution in [0.4, 0.5) is 11.5 Å². The normalized spacial score (nSPS) is 16.7. The van der Waals surface area contributed by atoms with Crippen LogP contribution in [0.15, 0.2) is 24.3 Å². The second-order valence-corrected chi connectivity index (χ2v) is 6.53. The topological polar surface area (TPSA) is 76.1 Å². The molecule has 0 aliphatic carbocycles. The molecule has 25 heavy (non-hydrogen) atoms. The Morgan fingerprint density at radius 3 is 2.60 bits per heavy atom. The van der Waals surface area contributed by atoms with Crippen LogP contribution in [0.25, 0.3) is 0 Å². The SMILES string of the molecule is Cc1cc(C)cc(NC(=O)c2cc(NCC3CCCO3)nc(C)n2)c1. The highest BCUT2D eigenvalue weighted by molar-refractivity contribution is 6.03. The number of nitrogens with zero attached hydrogens (tertiary/aromatic N) is 2. The highest BCUT2D eigenvalue weighted by Gasteiger charge is 2.16. The van der Waals surface area contributed by atoms with Crippen molar-refractivity contribution in [1.29, 1.82) is 0 Å².